The zero-order valence-electron chi connectivity index (χ0n) is 9.40. The third kappa shape index (κ3) is 3.18. The SMILES string of the molecule is Cn1ccc(CC(N)c2ccc(Br)cc2Br)n1. The Morgan fingerprint density at radius 1 is 1.35 bits per heavy atom. The molecule has 1 aromatic carbocycles. The van der Waals surface area contributed by atoms with E-state index in [0.29, 0.717) is 0 Å². The third-order valence-electron chi connectivity index (χ3n) is 2.56. The molecule has 1 unspecified atom stereocenters. The van der Waals surface area contributed by atoms with Gasteiger partial charge in [-0.15, -0.1) is 0 Å². The van der Waals surface area contributed by atoms with Gasteiger partial charge in [0.1, 0.15) is 0 Å². The van der Waals surface area contributed by atoms with Gasteiger partial charge < -0.3 is 5.73 Å². The number of aromatic nitrogens is 2. The fraction of sp³-hybridized carbons (Fsp3) is 0.250. The van der Waals surface area contributed by atoms with Gasteiger partial charge in [-0.1, -0.05) is 37.9 Å². The zero-order chi connectivity index (χ0) is 12.4. The molecule has 2 aromatic rings. The van der Waals surface area contributed by atoms with Crippen LogP contribution in [0.5, 0.6) is 0 Å². The predicted molar refractivity (Wildman–Crippen MR) is 75.7 cm³/mol. The van der Waals surface area contributed by atoms with E-state index in [1.54, 1.807) is 4.68 Å². The molecule has 0 saturated heterocycles. The number of hydrogen-bond donors (Lipinski definition) is 1. The van der Waals surface area contributed by atoms with Crippen LogP contribution in [-0.2, 0) is 13.5 Å². The van der Waals surface area contributed by atoms with Crippen LogP contribution < -0.4 is 5.73 Å². The molecule has 3 nitrogen and oxygen atoms in total. The molecule has 1 atom stereocenters. The Kier molecular flexibility index (Phi) is 4.01. The first-order valence-corrected chi connectivity index (χ1v) is 6.84. The summed E-state index contributed by atoms with van der Waals surface area (Å²) in [6.07, 6.45) is 2.67. The van der Waals surface area contributed by atoms with Crippen molar-refractivity contribution in [3.05, 3.63) is 50.7 Å². The fourth-order valence-electron chi connectivity index (χ4n) is 1.71. The molecular formula is C12H13Br2N3. The average molecular weight is 359 g/mol. The number of halogens is 2. The van der Waals surface area contributed by atoms with Crippen molar-refractivity contribution in [2.75, 3.05) is 0 Å². The first-order valence-electron chi connectivity index (χ1n) is 5.25. The Hall–Kier alpha value is -0.650. The summed E-state index contributed by atoms with van der Waals surface area (Å²) in [5.41, 5.74) is 8.30. The normalized spacial score (nSPS) is 12.7. The molecule has 1 aromatic heterocycles. The van der Waals surface area contributed by atoms with E-state index in [4.69, 9.17) is 5.73 Å². The minimum absolute atomic E-state index is 0.0487. The van der Waals surface area contributed by atoms with Crippen LogP contribution in [0.25, 0.3) is 0 Å². The maximum absolute atomic E-state index is 6.19. The summed E-state index contributed by atoms with van der Waals surface area (Å²) < 4.78 is 3.85. The van der Waals surface area contributed by atoms with Crippen LogP contribution in [0.1, 0.15) is 17.3 Å². The second-order valence-electron chi connectivity index (χ2n) is 3.96. The Labute approximate surface area is 117 Å². The fourth-order valence-corrected chi connectivity index (χ4v) is 3.05. The molecule has 0 spiro atoms. The Morgan fingerprint density at radius 2 is 2.12 bits per heavy atom. The minimum atomic E-state index is -0.0487. The molecule has 2 N–H and O–H groups in total. The Bertz CT molecular complexity index is 522. The van der Waals surface area contributed by atoms with Crippen molar-refractivity contribution in [2.45, 2.75) is 12.5 Å². The second-order valence-corrected chi connectivity index (χ2v) is 5.73. The lowest BCUT2D eigenvalue weighted by atomic mass is 10.0. The van der Waals surface area contributed by atoms with Gasteiger partial charge in [-0.25, -0.2) is 0 Å². The van der Waals surface area contributed by atoms with Crippen LogP contribution in [0, 0.1) is 0 Å². The zero-order valence-corrected chi connectivity index (χ0v) is 12.6. The van der Waals surface area contributed by atoms with Crippen LogP contribution in [-0.4, -0.2) is 9.78 Å². The smallest absolute Gasteiger partial charge is 0.0643 e. The van der Waals surface area contributed by atoms with E-state index in [9.17, 15) is 0 Å². The lowest BCUT2D eigenvalue weighted by Crippen LogP contribution is -2.14. The van der Waals surface area contributed by atoms with E-state index in [1.807, 2.05) is 37.5 Å². The number of nitrogens with zero attached hydrogens (tertiary/aromatic N) is 2. The van der Waals surface area contributed by atoms with Crippen molar-refractivity contribution >= 4 is 31.9 Å². The van der Waals surface area contributed by atoms with Crippen LogP contribution >= 0.6 is 31.9 Å². The summed E-state index contributed by atoms with van der Waals surface area (Å²) in [5, 5.41) is 4.34. The summed E-state index contributed by atoms with van der Waals surface area (Å²) in [7, 11) is 1.91. The summed E-state index contributed by atoms with van der Waals surface area (Å²) >= 11 is 6.96. The van der Waals surface area contributed by atoms with Crippen LogP contribution in [0.15, 0.2) is 39.4 Å². The number of rotatable bonds is 3. The molecule has 2 rings (SSSR count). The largest absolute Gasteiger partial charge is 0.324 e. The monoisotopic (exact) mass is 357 g/mol. The first kappa shape index (κ1) is 12.8. The molecule has 90 valence electrons. The highest BCUT2D eigenvalue weighted by Crippen LogP contribution is 2.27. The third-order valence-corrected chi connectivity index (χ3v) is 3.74. The first-order chi connectivity index (χ1) is 8.06. The van der Waals surface area contributed by atoms with Crippen molar-refractivity contribution in [1.29, 1.82) is 0 Å². The highest BCUT2D eigenvalue weighted by Gasteiger charge is 2.12. The second kappa shape index (κ2) is 5.33. The van der Waals surface area contributed by atoms with Gasteiger partial charge in [0, 0.05) is 34.7 Å². The van der Waals surface area contributed by atoms with Crippen molar-refractivity contribution in [1.82, 2.24) is 9.78 Å². The summed E-state index contributed by atoms with van der Waals surface area (Å²) in [5.74, 6) is 0. The number of benzene rings is 1. The Balaban J connectivity index is 2.17. The molecule has 17 heavy (non-hydrogen) atoms. The summed E-state index contributed by atoms with van der Waals surface area (Å²) in [4.78, 5) is 0. The van der Waals surface area contributed by atoms with Gasteiger partial charge in [-0.2, -0.15) is 5.10 Å². The molecule has 0 amide bonds. The van der Waals surface area contributed by atoms with Gasteiger partial charge in [0.05, 0.1) is 5.69 Å². The van der Waals surface area contributed by atoms with Crippen molar-refractivity contribution in [2.24, 2.45) is 12.8 Å². The molecular weight excluding hydrogens is 346 g/mol. The quantitative estimate of drug-likeness (QED) is 0.915. The predicted octanol–water partition coefficient (Wildman–Crippen LogP) is 3.19. The number of nitrogens with two attached hydrogens (primary N) is 1. The van der Waals surface area contributed by atoms with E-state index in [1.165, 1.54) is 0 Å². The number of hydrogen-bond acceptors (Lipinski definition) is 2. The molecule has 0 saturated carbocycles. The molecule has 5 heteroatoms. The highest BCUT2D eigenvalue weighted by atomic mass is 79.9. The maximum Gasteiger partial charge on any atom is 0.0643 e. The van der Waals surface area contributed by atoms with E-state index >= 15 is 0 Å². The van der Waals surface area contributed by atoms with Crippen LogP contribution in [0.4, 0.5) is 0 Å². The van der Waals surface area contributed by atoms with Crippen molar-refractivity contribution in [3.63, 3.8) is 0 Å². The standard InChI is InChI=1S/C12H13Br2N3/c1-17-5-4-9(16-17)7-12(15)10-3-2-8(13)6-11(10)14/h2-6,12H,7,15H2,1H3. The Morgan fingerprint density at radius 3 is 2.71 bits per heavy atom. The van der Waals surface area contributed by atoms with Gasteiger partial charge >= 0.3 is 0 Å². The van der Waals surface area contributed by atoms with Crippen LogP contribution in [0.2, 0.25) is 0 Å². The lowest BCUT2D eigenvalue weighted by molar-refractivity contribution is 0.673. The minimum Gasteiger partial charge on any atom is -0.324 e. The molecule has 0 fully saturated rings. The summed E-state index contributed by atoms with van der Waals surface area (Å²) in [6.45, 7) is 0. The molecule has 0 aliphatic carbocycles. The molecule has 0 aliphatic heterocycles. The van der Waals surface area contributed by atoms with Crippen LogP contribution in [0.3, 0.4) is 0 Å². The summed E-state index contributed by atoms with van der Waals surface area (Å²) in [6, 6.07) is 7.98. The van der Waals surface area contributed by atoms with Gasteiger partial charge in [-0.3, -0.25) is 4.68 Å². The van der Waals surface area contributed by atoms with Crippen molar-refractivity contribution < 1.29 is 0 Å². The van der Waals surface area contributed by atoms with Crippen molar-refractivity contribution in [3.8, 4) is 0 Å². The van der Waals surface area contributed by atoms with Gasteiger partial charge in [-0.05, 0) is 23.8 Å². The molecule has 0 radical (unpaired) electrons. The van der Waals surface area contributed by atoms with E-state index in [-0.39, 0.29) is 6.04 Å². The van der Waals surface area contributed by atoms with E-state index in [2.05, 4.69) is 37.0 Å². The van der Waals surface area contributed by atoms with E-state index in [0.717, 1.165) is 26.6 Å². The molecule has 0 bridgehead atoms. The lowest BCUT2D eigenvalue weighted by Gasteiger charge is -2.12. The van der Waals surface area contributed by atoms with E-state index < -0.39 is 0 Å². The maximum atomic E-state index is 6.19. The number of aryl methyl sites for hydroxylation is 1. The molecule has 1 heterocycles. The van der Waals surface area contributed by atoms with Gasteiger partial charge in [0.15, 0.2) is 0 Å². The van der Waals surface area contributed by atoms with Gasteiger partial charge in [0.25, 0.3) is 0 Å². The van der Waals surface area contributed by atoms with Gasteiger partial charge in [0.2, 0.25) is 0 Å². The highest BCUT2D eigenvalue weighted by molar-refractivity contribution is 9.11. The average Bonchev–Trinajstić information content (AvgIpc) is 2.63. The topological polar surface area (TPSA) is 43.8 Å². The molecule has 0 aliphatic rings.